The maximum Gasteiger partial charge on any atom is 0.506 e. The standard InChI is InChI=1S/C20H13ClF4NO3PS/c21-13-1-2-18-15(8-13)17(10-31-18)16(9-30(28)29)19(27)26-4-3-11-5-12(20(23,24)25)7-14(22)6-11/h1-8,10,16H,9H2,(H-,26,27,28,29)/p+1/b4-3+. The third-order valence-electron chi connectivity index (χ3n) is 4.34. The second kappa shape index (κ2) is 9.44. The second-order valence-corrected chi connectivity index (χ2v) is 8.95. The SMILES string of the molecule is O=C(N/C=C/c1cc(F)cc(C(F)(F)F)c1)C(C[P+](=O)O)c1csc2ccc(Cl)cc12. The Balaban J connectivity index is 1.84. The molecule has 4 nitrogen and oxygen atoms in total. The quantitative estimate of drug-likeness (QED) is 0.314. The van der Waals surface area contributed by atoms with Gasteiger partial charge in [-0.1, -0.05) is 11.6 Å². The minimum Gasteiger partial charge on any atom is -0.332 e. The zero-order chi connectivity index (χ0) is 22.8. The molecule has 2 unspecified atom stereocenters. The van der Waals surface area contributed by atoms with Gasteiger partial charge in [-0.3, -0.25) is 4.79 Å². The van der Waals surface area contributed by atoms with Crippen LogP contribution in [0.1, 0.15) is 22.6 Å². The van der Waals surface area contributed by atoms with Crippen LogP contribution in [0, 0.1) is 5.82 Å². The lowest BCUT2D eigenvalue weighted by Gasteiger charge is -2.10. The van der Waals surface area contributed by atoms with Crippen LogP contribution in [0.15, 0.2) is 48.0 Å². The van der Waals surface area contributed by atoms with Gasteiger partial charge in [0.2, 0.25) is 5.91 Å². The van der Waals surface area contributed by atoms with E-state index in [4.69, 9.17) is 11.6 Å². The van der Waals surface area contributed by atoms with Gasteiger partial charge in [-0.05, 0) is 68.9 Å². The van der Waals surface area contributed by atoms with Gasteiger partial charge in [0.15, 0.2) is 6.16 Å². The molecule has 0 saturated heterocycles. The van der Waals surface area contributed by atoms with Crippen molar-refractivity contribution < 1.29 is 31.8 Å². The fourth-order valence-electron chi connectivity index (χ4n) is 2.96. The van der Waals surface area contributed by atoms with Crippen LogP contribution in [0.2, 0.25) is 5.02 Å². The lowest BCUT2D eigenvalue weighted by molar-refractivity contribution is -0.137. The first kappa shape index (κ1) is 23.3. The maximum absolute atomic E-state index is 13.5. The highest BCUT2D eigenvalue weighted by atomic mass is 35.5. The van der Waals surface area contributed by atoms with E-state index in [1.807, 2.05) is 0 Å². The van der Waals surface area contributed by atoms with Crippen LogP contribution < -0.4 is 5.32 Å². The van der Waals surface area contributed by atoms with Crippen molar-refractivity contribution in [1.82, 2.24) is 5.32 Å². The highest BCUT2D eigenvalue weighted by molar-refractivity contribution is 7.38. The van der Waals surface area contributed by atoms with Crippen molar-refractivity contribution in [2.24, 2.45) is 0 Å². The summed E-state index contributed by atoms with van der Waals surface area (Å²) in [5.41, 5.74) is -0.753. The van der Waals surface area contributed by atoms with E-state index in [2.05, 4.69) is 5.32 Å². The number of thiophene rings is 1. The number of alkyl halides is 3. The molecule has 2 atom stereocenters. The molecule has 2 N–H and O–H groups in total. The Morgan fingerprint density at radius 2 is 2.00 bits per heavy atom. The van der Waals surface area contributed by atoms with E-state index >= 15 is 0 Å². The fourth-order valence-corrected chi connectivity index (χ4v) is 4.80. The van der Waals surface area contributed by atoms with E-state index in [-0.39, 0.29) is 11.7 Å². The molecule has 1 heterocycles. The molecule has 2 aromatic carbocycles. The molecule has 3 aromatic rings. The molecule has 0 radical (unpaired) electrons. The average molecular weight is 491 g/mol. The number of hydrogen-bond donors (Lipinski definition) is 2. The van der Waals surface area contributed by atoms with Gasteiger partial charge in [-0.25, -0.2) is 4.39 Å². The Labute approximate surface area is 184 Å². The monoisotopic (exact) mass is 490 g/mol. The molecule has 0 aliphatic heterocycles. The highest BCUT2D eigenvalue weighted by Gasteiger charge is 2.32. The molecule has 0 bridgehead atoms. The van der Waals surface area contributed by atoms with Crippen LogP contribution in [0.4, 0.5) is 17.6 Å². The van der Waals surface area contributed by atoms with Crippen LogP contribution in [0.25, 0.3) is 16.2 Å². The molecule has 0 aliphatic rings. The summed E-state index contributed by atoms with van der Waals surface area (Å²) < 4.78 is 64.2. The predicted molar refractivity (Wildman–Crippen MR) is 113 cm³/mol. The Kier molecular flexibility index (Phi) is 7.11. The minimum absolute atomic E-state index is 0.106. The van der Waals surface area contributed by atoms with Gasteiger partial charge in [0.1, 0.15) is 11.7 Å². The lowest BCUT2D eigenvalue weighted by Crippen LogP contribution is -2.26. The van der Waals surface area contributed by atoms with Gasteiger partial charge in [0, 0.05) is 15.9 Å². The molecule has 31 heavy (non-hydrogen) atoms. The largest absolute Gasteiger partial charge is 0.506 e. The van der Waals surface area contributed by atoms with E-state index in [1.165, 1.54) is 11.3 Å². The number of fused-ring (bicyclic) bond motifs is 1. The zero-order valence-corrected chi connectivity index (χ0v) is 18.0. The number of rotatable bonds is 6. The maximum atomic E-state index is 13.5. The molecule has 0 fully saturated rings. The van der Waals surface area contributed by atoms with Crippen LogP contribution in [-0.4, -0.2) is 17.0 Å². The summed E-state index contributed by atoms with van der Waals surface area (Å²) in [6.07, 6.45) is -2.90. The van der Waals surface area contributed by atoms with Crippen molar-refractivity contribution in [3.8, 4) is 0 Å². The Bertz CT molecular complexity index is 1180. The first-order valence-electron chi connectivity index (χ1n) is 8.69. The van der Waals surface area contributed by atoms with E-state index in [0.717, 1.165) is 29.1 Å². The number of carbonyl (C=O) groups excluding carboxylic acids is 1. The number of carbonyl (C=O) groups is 1. The predicted octanol–water partition coefficient (Wildman–Crippen LogP) is 6.32. The van der Waals surface area contributed by atoms with Crippen LogP contribution in [0.5, 0.6) is 0 Å². The summed E-state index contributed by atoms with van der Waals surface area (Å²) in [6, 6.07) is 7.09. The summed E-state index contributed by atoms with van der Waals surface area (Å²) >= 11 is 7.36. The van der Waals surface area contributed by atoms with Crippen LogP contribution >= 0.6 is 31.0 Å². The molecule has 11 heteroatoms. The number of halogens is 5. The van der Waals surface area contributed by atoms with Crippen molar-refractivity contribution in [3.63, 3.8) is 0 Å². The van der Waals surface area contributed by atoms with Crippen molar-refractivity contribution in [1.29, 1.82) is 0 Å². The summed E-state index contributed by atoms with van der Waals surface area (Å²) in [6.45, 7) is 0. The fraction of sp³-hybridized carbons (Fsp3) is 0.150. The normalized spacial score (nSPS) is 13.5. The smallest absolute Gasteiger partial charge is 0.332 e. The van der Waals surface area contributed by atoms with Gasteiger partial charge in [-0.15, -0.1) is 11.3 Å². The van der Waals surface area contributed by atoms with E-state index in [9.17, 15) is 31.8 Å². The number of benzene rings is 2. The zero-order valence-electron chi connectivity index (χ0n) is 15.5. The van der Waals surface area contributed by atoms with Crippen molar-refractivity contribution in [2.45, 2.75) is 12.1 Å². The first-order valence-corrected chi connectivity index (χ1v) is 11.3. The van der Waals surface area contributed by atoms with Gasteiger partial charge in [-0.2, -0.15) is 18.1 Å². The third kappa shape index (κ3) is 5.89. The van der Waals surface area contributed by atoms with Gasteiger partial charge < -0.3 is 5.32 Å². The number of nitrogens with one attached hydrogen (secondary N) is 1. The van der Waals surface area contributed by atoms with Gasteiger partial charge in [0.05, 0.1) is 5.56 Å². The van der Waals surface area contributed by atoms with E-state index < -0.39 is 37.4 Å². The molecular weight excluding hydrogens is 477 g/mol. The molecule has 3 rings (SSSR count). The third-order valence-corrected chi connectivity index (χ3v) is 6.24. The highest BCUT2D eigenvalue weighted by Crippen LogP contribution is 2.36. The average Bonchev–Trinajstić information content (AvgIpc) is 3.07. The first-order chi connectivity index (χ1) is 14.5. The Hall–Kier alpha value is -2.32. The summed E-state index contributed by atoms with van der Waals surface area (Å²) in [4.78, 5) is 22.1. The molecule has 0 saturated carbocycles. The van der Waals surface area contributed by atoms with Crippen molar-refractivity contribution >= 4 is 53.0 Å². The molecule has 1 aromatic heterocycles. The number of hydrogen-bond acceptors (Lipinski definition) is 3. The summed E-state index contributed by atoms with van der Waals surface area (Å²) in [5, 5.41) is 5.18. The van der Waals surface area contributed by atoms with Crippen molar-refractivity contribution in [2.75, 3.05) is 6.16 Å². The van der Waals surface area contributed by atoms with Crippen LogP contribution in [0.3, 0.4) is 0 Å². The molecular formula is C20H14ClF4NO3PS+. The van der Waals surface area contributed by atoms with Gasteiger partial charge in [0.25, 0.3) is 0 Å². The minimum atomic E-state index is -4.72. The molecule has 0 spiro atoms. The van der Waals surface area contributed by atoms with E-state index in [0.29, 0.717) is 22.0 Å². The van der Waals surface area contributed by atoms with Crippen LogP contribution in [-0.2, 0) is 15.5 Å². The van der Waals surface area contributed by atoms with Crippen molar-refractivity contribution in [3.05, 3.63) is 75.5 Å². The molecule has 162 valence electrons. The topological polar surface area (TPSA) is 66.4 Å². The number of amides is 1. The summed E-state index contributed by atoms with van der Waals surface area (Å²) in [7, 11) is -2.66. The van der Waals surface area contributed by atoms with E-state index in [1.54, 1.807) is 23.6 Å². The Morgan fingerprint density at radius 1 is 1.26 bits per heavy atom. The summed E-state index contributed by atoms with van der Waals surface area (Å²) in [5.74, 6) is -2.71. The second-order valence-electron chi connectivity index (χ2n) is 6.53. The van der Waals surface area contributed by atoms with Gasteiger partial charge >= 0.3 is 14.2 Å². The molecule has 0 aliphatic carbocycles. The lowest BCUT2D eigenvalue weighted by atomic mass is 9.99. The Morgan fingerprint density at radius 3 is 2.68 bits per heavy atom. The molecule has 1 amide bonds.